The topological polar surface area (TPSA) is 0 Å². The fourth-order valence-corrected chi connectivity index (χ4v) is 10.5. The zero-order valence-electron chi connectivity index (χ0n) is 4.64. The molecule has 0 radical (unpaired) electrons. The molecule has 44 valence electrons. The molecule has 0 aromatic rings. The summed E-state index contributed by atoms with van der Waals surface area (Å²) in [5.41, 5.74) is 3.88. The van der Waals surface area contributed by atoms with Crippen LogP contribution in [0.25, 0.3) is 0 Å². The Kier molecular flexibility index (Phi) is 1.90. The van der Waals surface area contributed by atoms with Crippen LogP contribution in [0.4, 0.5) is 0 Å². The summed E-state index contributed by atoms with van der Waals surface area (Å²) in [5, 5.41) is 0. The molecule has 2 heteroatoms. The molecule has 0 fully saturated rings. The van der Waals surface area contributed by atoms with E-state index >= 15 is 0 Å². The molecule has 0 aromatic carbocycles. The Morgan fingerprint density at radius 2 is 1.12 bits per heavy atom. The van der Waals surface area contributed by atoms with Gasteiger partial charge in [0, 0.05) is 0 Å². The second-order valence-electron chi connectivity index (χ2n) is 2.19. The van der Waals surface area contributed by atoms with Crippen LogP contribution in [0, 0.1) is 0 Å². The van der Waals surface area contributed by atoms with E-state index < -0.39 is 0 Å². The van der Waals surface area contributed by atoms with Crippen molar-refractivity contribution < 1.29 is 0 Å². The van der Waals surface area contributed by atoms with E-state index in [2.05, 4.69) is 0 Å². The van der Waals surface area contributed by atoms with Gasteiger partial charge < -0.3 is 0 Å². The van der Waals surface area contributed by atoms with E-state index in [9.17, 15) is 0 Å². The molecule has 0 unspecified atom stereocenters. The zero-order valence-corrected chi connectivity index (χ0v) is 9.31. The van der Waals surface area contributed by atoms with Crippen molar-refractivity contribution in [1.29, 1.82) is 0 Å². The fraction of sp³-hybridized carbons (Fsp3) is 0.667. The molecule has 0 spiro atoms. The van der Waals surface area contributed by atoms with Crippen molar-refractivity contribution >= 4 is 41.8 Å². The second kappa shape index (κ2) is 2.51. The van der Waals surface area contributed by atoms with E-state index in [1.165, 1.54) is 0 Å². The van der Waals surface area contributed by atoms with Gasteiger partial charge in [-0.15, -0.1) is 0 Å². The van der Waals surface area contributed by atoms with Crippen LogP contribution in [0.1, 0.15) is 0 Å². The predicted octanol–water partition coefficient (Wildman–Crippen LogP) is 1.39. The van der Waals surface area contributed by atoms with Gasteiger partial charge in [-0.3, -0.25) is 0 Å². The first kappa shape index (κ1) is 6.06. The third-order valence-corrected chi connectivity index (χ3v) is 7.91. The van der Waals surface area contributed by atoms with Gasteiger partial charge in [0.15, 0.2) is 0 Å². The summed E-state index contributed by atoms with van der Waals surface area (Å²) in [6, 6.07) is 0. The van der Waals surface area contributed by atoms with Gasteiger partial charge in [-0.25, -0.2) is 0 Å². The third-order valence-electron chi connectivity index (χ3n) is 1.61. The van der Waals surface area contributed by atoms with Crippen molar-refractivity contribution in [2.45, 2.75) is 17.9 Å². The van der Waals surface area contributed by atoms with Gasteiger partial charge in [-0.05, 0) is 0 Å². The summed E-state index contributed by atoms with van der Waals surface area (Å²) in [6.45, 7) is 0. The number of rotatable bonds is 0. The first-order chi connectivity index (χ1) is 3.97. The molecule has 0 saturated heterocycles. The first-order valence-corrected chi connectivity index (χ1v) is 9.41. The summed E-state index contributed by atoms with van der Waals surface area (Å²) in [6.07, 6.45) is 0. The normalized spacial score (nSPS) is 27.0. The molecule has 0 nitrogen and oxygen atoms in total. The molecule has 2 aliphatic heterocycles. The molecule has 0 saturated carbocycles. The van der Waals surface area contributed by atoms with Gasteiger partial charge in [-0.1, -0.05) is 0 Å². The Bertz CT molecular complexity index is 109. The van der Waals surface area contributed by atoms with Gasteiger partial charge in [0.25, 0.3) is 0 Å². The summed E-state index contributed by atoms with van der Waals surface area (Å²) < 4.78 is 6.41. The number of allylic oxidation sites excluding steroid dienone is 2. The van der Waals surface area contributed by atoms with Crippen LogP contribution in [0.3, 0.4) is 0 Å². The molecular weight excluding hydrogens is 327 g/mol. The van der Waals surface area contributed by atoms with Crippen LogP contribution in [0.5, 0.6) is 0 Å². The van der Waals surface area contributed by atoms with E-state index in [-0.39, 0.29) is 0 Å². The third kappa shape index (κ3) is 0.974. The average Bonchev–Trinajstić information content (AvgIpc) is 2.15. The Hall–Kier alpha value is 1.32. The van der Waals surface area contributed by atoms with Crippen molar-refractivity contribution in [3.8, 4) is 0 Å². The van der Waals surface area contributed by atoms with Gasteiger partial charge in [0.2, 0.25) is 0 Å². The van der Waals surface area contributed by atoms with Crippen LogP contribution in [-0.4, -0.2) is 41.8 Å². The van der Waals surface area contributed by atoms with Crippen LogP contribution in [0.2, 0.25) is 17.9 Å². The molecule has 2 rings (SSSR count). The quantitative estimate of drug-likeness (QED) is 0.464. The Labute approximate surface area is 70.3 Å². The molecule has 0 N–H and O–H groups in total. The molecule has 0 bridgehead atoms. The molecule has 2 aliphatic rings. The molecule has 0 amide bonds. The molecule has 0 atom stereocenters. The summed E-state index contributed by atoms with van der Waals surface area (Å²) >= 11 is 1.00. The molecule has 0 aliphatic carbocycles. The average molecular weight is 335 g/mol. The monoisotopic (exact) mass is 340 g/mol. The van der Waals surface area contributed by atoms with E-state index in [0.717, 1.165) is 0 Å². The molecule has 0 aromatic heterocycles. The summed E-state index contributed by atoms with van der Waals surface area (Å²) in [4.78, 5) is 0. The van der Waals surface area contributed by atoms with Crippen molar-refractivity contribution in [1.82, 2.24) is 0 Å². The zero-order chi connectivity index (χ0) is 5.40. The maximum absolute atomic E-state index is 1.94. The summed E-state index contributed by atoms with van der Waals surface area (Å²) in [5.74, 6) is 0. The molecule has 8 heavy (non-hydrogen) atoms. The van der Waals surface area contributed by atoms with Gasteiger partial charge in [0.05, 0.1) is 0 Å². The van der Waals surface area contributed by atoms with Crippen molar-refractivity contribution in [3.05, 3.63) is 11.1 Å². The Morgan fingerprint density at radius 1 is 0.750 bits per heavy atom. The van der Waals surface area contributed by atoms with Crippen molar-refractivity contribution in [3.63, 3.8) is 0 Å². The van der Waals surface area contributed by atoms with E-state index in [1.54, 1.807) is 17.9 Å². The standard InChI is InChI=1S/C6H8Te2/c1-5-2-8-4-6(5)3-7-1/h1-4H2. The van der Waals surface area contributed by atoms with Crippen LogP contribution in [0.15, 0.2) is 11.1 Å². The number of hydrogen-bond acceptors (Lipinski definition) is 0. The van der Waals surface area contributed by atoms with Gasteiger partial charge in [0.1, 0.15) is 0 Å². The van der Waals surface area contributed by atoms with Crippen LogP contribution < -0.4 is 0 Å². The molecular formula is C6H8Te2. The van der Waals surface area contributed by atoms with E-state index in [4.69, 9.17) is 0 Å². The van der Waals surface area contributed by atoms with Gasteiger partial charge in [-0.2, -0.15) is 0 Å². The maximum atomic E-state index is 1.94. The number of hydrogen-bond donors (Lipinski definition) is 0. The molecule has 2 heterocycles. The predicted molar refractivity (Wildman–Crippen MR) is 37.8 cm³/mol. The van der Waals surface area contributed by atoms with Crippen molar-refractivity contribution in [2.75, 3.05) is 0 Å². The Morgan fingerprint density at radius 3 is 1.50 bits per heavy atom. The van der Waals surface area contributed by atoms with Gasteiger partial charge >= 0.3 is 70.9 Å². The minimum atomic E-state index is 0.502. The summed E-state index contributed by atoms with van der Waals surface area (Å²) in [7, 11) is 0. The fourth-order valence-electron chi connectivity index (χ4n) is 1.09. The minimum absolute atomic E-state index is 0.502. The SMILES string of the molecule is C1[Te]CC2=C1C[Te]C2. The van der Waals surface area contributed by atoms with Crippen LogP contribution in [-0.2, 0) is 0 Å². The van der Waals surface area contributed by atoms with Crippen LogP contribution >= 0.6 is 0 Å². The van der Waals surface area contributed by atoms with Crippen molar-refractivity contribution in [2.24, 2.45) is 0 Å². The van der Waals surface area contributed by atoms with E-state index in [0.29, 0.717) is 41.8 Å². The first-order valence-electron chi connectivity index (χ1n) is 2.82. The second-order valence-corrected chi connectivity index (χ2v) is 7.82. The Balaban J connectivity index is 2.23. The van der Waals surface area contributed by atoms with E-state index in [1.807, 2.05) is 11.1 Å².